The standard InChI is InChI=1S/C25H29N3O/c1-2-21-16-18-9-8-11-19(15-18)24-26-27-25(28(21)24)23-14-7-6-10-20(23)17-29-22-12-4-3-5-13-22/h3-7,10,12-14,18-19,21H,2,8-9,11,15-17H2,1H3. The number of benzene rings is 2. The van der Waals surface area contributed by atoms with Gasteiger partial charge in [0.1, 0.15) is 18.2 Å². The van der Waals surface area contributed by atoms with Gasteiger partial charge >= 0.3 is 0 Å². The first kappa shape index (κ1) is 18.4. The lowest BCUT2D eigenvalue weighted by Gasteiger charge is -2.25. The topological polar surface area (TPSA) is 39.9 Å². The third-order valence-corrected chi connectivity index (χ3v) is 6.71. The highest BCUT2D eigenvalue weighted by Gasteiger charge is 2.35. The maximum Gasteiger partial charge on any atom is 0.164 e. The molecule has 4 nitrogen and oxygen atoms in total. The van der Waals surface area contributed by atoms with Crippen molar-refractivity contribution < 1.29 is 4.74 Å². The Morgan fingerprint density at radius 2 is 1.79 bits per heavy atom. The summed E-state index contributed by atoms with van der Waals surface area (Å²) in [7, 11) is 0. The molecule has 0 spiro atoms. The fourth-order valence-electron chi connectivity index (χ4n) is 5.25. The van der Waals surface area contributed by atoms with Crippen LogP contribution >= 0.6 is 0 Å². The zero-order valence-corrected chi connectivity index (χ0v) is 17.1. The van der Waals surface area contributed by atoms with Gasteiger partial charge in [-0.25, -0.2) is 0 Å². The Bertz CT molecular complexity index is 965. The Kier molecular flexibility index (Phi) is 5.09. The molecule has 0 radical (unpaired) electrons. The number of hydrogen-bond acceptors (Lipinski definition) is 3. The number of aromatic nitrogens is 3. The summed E-state index contributed by atoms with van der Waals surface area (Å²) in [6, 6.07) is 19.0. The van der Waals surface area contributed by atoms with E-state index in [4.69, 9.17) is 14.9 Å². The highest BCUT2D eigenvalue weighted by Crippen LogP contribution is 2.45. The maximum atomic E-state index is 6.06. The van der Waals surface area contributed by atoms with Crippen molar-refractivity contribution in [3.63, 3.8) is 0 Å². The first-order valence-electron chi connectivity index (χ1n) is 11.0. The van der Waals surface area contributed by atoms with Crippen LogP contribution in [0.15, 0.2) is 54.6 Å². The quantitative estimate of drug-likeness (QED) is 0.527. The van der Waals surface area contributed by atoms with Crippen molar-refractivity contribution in [2.75, 3.05) is 0 Å². The van der Waals surface area contributed by atoms with Crippen molar-refractivity contribution in [2.45, 2.75) is 64.0 Å². The molecule has 0 amide bonds. The van der Waals surface area contributed by atoms with Gasteiger partial charge in [-0.15, -0.1) is 10.2 Å². The molecular weight excluding hydrogens is 358 g/mol. The van der Waals surface area contributed by atoms with Crippen molar-refractivity contribution >= 4 is 0 Å². The molecule has 2 heterocycles. The molecule has 1 aliphatic carbocycles. The largest absolute Gasteiger partial charge is 0.489 e. The molecule has 2 aliphatic rings. The summed E-state index contributed by atoms with van der Waals surface area (Å²) >= 11 is 0. The highest BCUT2D eigenvalue weighted by atomic mass is 16.5. The van der Waals surface area contributed by atoms with E-state index in [1.54, 1.807) is 0 Å². The fraction of sp³-hybridized carbons (Fsp3) is 0.440. The Morgan fingerprint density at radius 3 is 2.66 bits per heavy atom. The van der Waals surface area contributed by atoms with Crippen LogP contribution in [0.1, 0.15) is 68.8 Å². The minimum atomic E-state index is 0.492. The summed E-state index contributed by atoms with van der Waals surface area (Å²) in [4.78, 5) is 0. The number of nitrogens with zero attached hydrogens (tertiary/aromatic N) is 3. The van der Waals surface area contributed by atoms with E-state index in [1.807, 2.05) is 30.3 Å². The van der Waals surface area contributed by atoms with Crippen LogP contribution in [0.5, 0.6) is 5.75 Å². The molecule has 1 aliphatic heterocycles. The minimum Gasteiger partial charge on any atom is -0.489 e. The van der Waals surface area contributed by atoms with Crippen molar-refractivity contribution in [1.82, 2.24) is 14.8 Å². The second kappa shape index (κ2) is 8.02. The van der Waals surface area contributed by atoms with Crippen LogP contribution in [0.2, 0.25) is 0 Å². The second-order valence-corrected chi connectivity index (χ2v) is 8.54. The van der Waals surface area contributed by atoms with Crippen LogP contribution in [-0.2, 0) is 6.61 Å². The molecule has 0 N–H and O–H groups in total. The summed E-state index contributed by atoms with van der Waals surface area (Å²) in [5, 5.41) is 9.47. The molecule has 5 rings (SSSR count). The van der Waals surface area contributed by atoms with Gasteiger partial charge in [0.15, 0.2) is 5.82 Å². The lowest BCUT2D eigenvalue weighted by Crippen LogP contribution is -2.13. The van der Waals surface area contributed by atoms with Gasteiger partial charge in [0.05, 0.1) is 0 Å². The minimum absolute atomic E-state index is 0.492. The van der Waals surface area contributed by atoms with Crippen LogP contribution in [0.25, 0.3) is 11.4 Å². The van der Waals surface area contributed by atoms with E-state index in [1.165, 1.54) is 37.9 Å². The van der Waals surface area contributed by atoms with Gasteiger partial charge in [0.25, 0.3) is 0 Å². The van der Waals surface area contributed by atoms with Gasteiger partial charge in [-0.1, -0.05) is 62.2 Å². The zero-order valence-electron chi connectivity index (χ0n) is 17.1. The van der Waals surface area contributed by atoms with Crippen molar-refractivity contribution in [1.29, 1.82) is 0 Å². The molecule has 1 saturated carbocycles. The van der Waals surface area contributed by atoms with Crippen LogP contribution < -0.4 is 4.74 Å². The average Bonchev–Trinajstić information content (AvgIpc) is 3.18. The Morgan fingerprint density at radius 1 is 0.966 bits per heavy atom. The summed E-state index contributed by atoms with van der Waals surface area (Å²) in [6.07, 6.45) is 7.63. The van der Waals surface area contributed by atoms with E-state index in [-0.39, 0.29) is 0 Å². The predicted octanol–water partition coefficient (Wildman–Crippen LogP) is 6.15. The molecule has 150 valence electrons. The molecular formula is C25H29N3O. The molecule has 4 heteroatoms. The lowest BCUT2D eigenvalue weighted by atomic mass is 9.79. The number of para-hydroxylation sites is 1. The third kappa shape index (κ3) is 3.57. The molecule has 3 unspecified atom stereocenters. The average molecular weight is 388 g/mol. The van der Waals surface area contributed by atoms with E-state index < -0.39 is 0 Å². The van der Waals surface area contributed by atoms with Crippen LogP contribution in [-0.4, -0.2) is 14.8 Å². The summed E-state index contributed by atoms with van der Waals surface area (Å²) in [5.74, 6) is 4.53. The van der Waals surface area contributed by atoms with Crippen LogP contribution in [0.3, 0.4) is 0 Å². The van der Waals surface area contributed by atoms with E-state index >= 15 is 0 Å². The smallest absolute Gasteiger partial charge is 0.164 e. The summed E-state index contributed by atoms with van der Waals surface area (Å²) < 4.78 is 8.55. The van der Waals surface area contributed by atoms with E-state index in [2.05, 4.69) is 35.8 Å². The molecule has 3 aromatic rings. The summed E-state index contributed by atoms with van der Waals surface area (Å²) in [5.41, 5.74) is 2.31. The fourth-order valence-corrected chi connectivity index (χ4v) is 5.25. The number of rotatable bonds is 5. The molecule has 0 saturated heterocycles. The number of hydrogen-bond donors (Lipinski definition) is 0. The first-order valence-corrected chi connectivity index (χ1v) is 11.0. The van der Waals surface area contributed by atoms with Crippen LogP contribution in [0, 0.1) is 5.92 Å². The molecule has 2 aromatic carbocycles. The van der Waals surface area contributed by atoms with Crippen molar-refractivity contribution in [3.05, 3.63) is 66.0 Å². The van der Waals surface area contributed by atoms with Gasteiger partial charge in [-0.05, 0) is 43.7 Å². The van der Waals surface area contributed by atoms with Gasteiger partial charge in [0.2, 0.25) is 0 Å². The number of fused-ring (bicyclic) bond motifs is 4. The first-order chi connectivity index (χ1) is 14.3. The normalized spacial score (nSPS) is 23.3. The maximum absolute atomic E-state index is 6.06. The van der Waals surface area contributed by atoms with Crippen molar-refractivity contribution in [2.24, 2.45) is 5.92 Å². The van der Waals surface area contributed by atoms with Gasteiger partial charge in [-0.2, -0.15) is 0 Å². The molecule has 3 atom stereocenters. The molecule has 2 bridgehead atoms. The van der Waals surface area contributed by atoms with Crippen molar-refractivity contribution in [3.8, 4) is 17.1 Å². The van der Waals surface area contributed by atoms with Gasteiger partial charge in [0, 0.05) is 23.1 Å². The van der Waals surface area contributed by atoms with Gasteiger partial charge in [-0.3, -0.25) is 0 Å². The lowest BCUT2D eigenvalue weighted by molar-refractivity contribution is 0.292. The van der Waals surface area contributed by atoms with E-state index in [0.717, 1.165) is 35.0 Å². The second-order valence-electron chi connectivity index (χ2n) is 8.54. The molecule has 29 heavy (non-hydrogen) atoms. The number of ether oxygens (including phenoxy) is 1. The Labute approximate surface area is 172 Å². The summed E-state index contributed by atoms with van der Waals surface area (Å²) in [6.45, 7) is 2.84. The SMILES string of the molecule is CCC1CC2CCCC(C2)c2nnc(-c3ccccc3COc3ccccc3)n21. The van der Waals surface area contributed by atoms with Crippen LogP contribution in [0.4, 0.5) is 0 Å². The monoisotopic (exact) mass is 387 g/mol. The van der Waals surface area contributed by atoms with Gasteiger partial charge < -0.3 is 9.30 Å². The predicted molar refractivity (Wildman–Crippen MR) is 115 cm³/mol. The van der Waals surface area contributed by atoms with E-state index in [0.29, 0.717) is 18.6 Å². The Balaban J connectivity index is 1.52. The molecule has 1 aromatic heterocycles. The van der Waals surface area contributed by atoms with E-state index in [9.17, 15) is 0 Å². The zero-order chi connectivity index (χ0) is 19.6. The highest BCUT2D eigenvalue weighted by molar-refractivity contribution is 5.61. The molecule has 1 fully saturated rings. The Hall–Kier alpha value is -2.62. The third-order valence-electron chi connectivity index (χ3n) is 6.71.